The van der Waals surface area contributed by atoms with E-state index in [0.717, 1.165) is 25.4 Å². The Morgan fingerprint density at radius 2 is 2.00 bits per heavy atom. The monoisotopic (exact) mass is 236 g/mol. The SMILES string of the molecule is CC(C)(CCC#N)CNCCCC1CCCC1. The second kappa shape index (κ2) is 7.71. The summed E-state index contributed by atoms with van der Waals surface area (Å²) in [6.45, 7) is 6.68. The molecule has 0 heterocycles. The van der Waals surface area contributed by atoms with Gasteiger partial charge in [0.05, 0.1) is 6.07 Å². The lowest BCUT2D eigenvalue weighted by Crippen LogP contribution is -2.30. The van der Waals surface area contributed by atoms with Gasteiger partial charge in [0.2, 0.25) is 0 Å². The molecule has 17 heavy (non-hydrogen) atoms. The molecular formula is C15H28N2. The first-order valence-electron chi connectivity index (χ1n) is 7.22. The Bertz CT molecular complexity index is 234. The van der Waals surface area contributed by atoms with Crippen LogP contribution in [0.1, 0.15) is 65.2 Å². The van der Waals surface area contributed by atoms with Gasteiger partial charge in [0.1, 0.15) is 0 Å². The lowest BCUT2D eigenvalue weighted by molar-refractivity contribution is 0.315. The first-order chi connectivity index (χ1) is 8.14. The maximum Gasteiger partial charge on any atom is 0.0621 e. The van der Waals surface area contributed by atoms with Crippen LogP contribution in [0.15, 0.2) is 0 Å². The normalized spacial score (nSPS) is 17.2. The maximum absolute atomic E-state index is 8.59. The molecule has 0 aromatic rings. The summed E-state index contributed by atoms with van der Waals surface area (Å²) in [6, 6.07) is 2.23. The van der Waals surface area contributed by atoms with Gasteiger partial charge in [-0.15, -0.1) is 0 Å². The summed E-state index contributed by atoms with van der Waals surface area (Å²) >= 11 is 0. The van der Waals surface area contributed by atoms with Gasteiger partial charge >= 0.3 is 0 Å². The van der Waals surface area contributed by atoms with Crippen molar-refractivity contribution in [2.45, 2.75) is 65.2 Å². The zero-order valence-electron chi connectivity index (χ0n) is 11.6. The summed E-state index contributed by atoms with van der Waals surface area (Å²) < 4.78 is 0. The van der Waals surface area contributed by atoms with Crippen LogP contribution < -0.4 is 5.32 Å². The summed E-state index contributed by atoms with van der Waals surface area (Å²) in [6.07, 6.45) is 10.3. The fourth-order valence-corrected chi connectivity index (χ4v) is 2.72. The van der Waals surface area contributed by atoms with Crippen molar-refractivity contribution in [1.82, 2.24) is 5.32 Å². The number of nitrogens with zero attached hydrogens (tertiary/aromatic N) is 1. The molecule has 1 rings (SSSR count). The molecule has 2 nitrogen and oxygen atoms in total. The molecule has 1 aliphatic carbocycles. The van der Waals surface area contributed by atoms with Crippen molar-refractivity contribution in [2.75, 3.05) is 13.1 Å². The molecule has 0 unspecified atom stereocenters. The van der Waals surface area contributed by atoms with Crippen molar-refractivity contribution >= 4 is 0 Å². The van der Waals surface area contributed by atoms with Crippen LogP contribution in [0, 0.1) is 22.7 Å². The van der Waals surface area contributed by atoms with Crippen LogP contribution in [0.4, 0.5) is 0 Å². The zero-order chi connectivity index (χ0) is 12.6. The molecule has 1 aliphatic rings. The van der Waals surface area contributed by atoms with Crippen LogP contribution in [0.25, 0.3) is 0 Å². The number of hydrogen-bond donors (Lipinski definition) is 1. The molecule has 0 aromatic carbocycles. The largest absolute Gasteiger partial charge is 0.316 e. The van der Waals surface area contributed by atoms with Gasteiger partial charge in [-0.3, -0.25) is 0 Å². The Kier molecular flexibility index (Phi) is 6.58. The van der Waals surface area contributed by atoms with E-state index in [1.807, 2.05) is 0 Å². The molecule has 0 radical (unpaired) electrons. The molecule has 0 aliphatic heterocycles. The summed E-state index contributed by atoms with van der Waals surface area (Å²) in [5.74, 6) is 1.02. The average molecular weight is 236 g/mol. The molecule has 1 fully saturated rings. The first kappa shape index (κ1) is 14.5. The quantitative estimate of drug-likeness (QED) is 0.649. The van der Waals surface area contributed by atoms with Crippen LogP contribution in [-0.4, -0.2) is 13.1 Å². The van der Waals surface area contributed by atoms with E-state index in [9.17, 15) is 0 Å². The minimum absolute atomic E-state index is 0.267. The molecule has 98 valence electrons. The Hall–Kier alpha value is -0.550. The molecule has 1 N–H and O–H groups in total. The topological polar surface area (TPSA) is 35.8 Å². The van der Waals surface area contributed by atoms with Crippen molar-refractivity contribution in [3.63, 3.8) is 0 Å². The molecule has 0 atom stereocenters. The number of hydrogen-bond acceptors (Lipinski definition) is 2. The lowest BCUT2D eigenvalue weighted by atomic mass is 9.88. The number of nitrogens with one attached hydrogen (secondary N) is 1. The van der Waals surface area contributed by atoms with Crippen LogP contribution in [0.2, 0.25) is 0 Å². The summed E-state index contributed by atoms with van der Waals surface area (Å²) in [5.41, 5.74) is 0.267. The molecule has 0 saturated heterocycles. The van der Waals surface area contributed by atoms with E-state index in [1.54, 1.807) is 0 Å². The van der Waals surface area contributed by atoms with Gasteiger partial charge in [-0.1, -0.05) is 39.5 Å². The minimum atomic E-state index is 0.267. The standard InChI is InChI=1S/C15H28N2/c1-15(2,10-6-11-16)13-17-12-5-9-14-7-3-4-8-14/h14,17H,3-10,12-13H2,1-2H3. The van der Waals surface area contributed by atoms with Gasteiger partial charge in [-0.2, -0.15) is 5.26 Å². The van der Waals surface area contributed by atoms with Crippen molar-refractivity contribution < 1.29 is 0 Å². The molecule has 0 bridgehead atoms. The molecule has 0 aromatic heterocycles. The van der Waals surface area contributed by atoms with Gasteiger partial charge < -0.3 is 5.32 Å². The highest BCUT2D eigenvalue weighted by Crippen LogP contribution is 2.28. The molecular weight excluding hydrogens is 208 g/mol. The maximum atomic E-state index is 8.59. The van der Waals surface area contributed by atoms with E-state index in [1.165, 1.54) is 38.5 Å². The van der Waals surface area contributed by atoms with Crippen molar-refractivity contribution in [1.29, 1.82) is 5.26 Å². The summed E-state index contributed by atoms with van der Waals surface area (Å²) in [7, 11) is 0. The van der Waals surface area contributed by atoms with E-state index >= 15 is 0 Å². The minimum Gasteiger partial charge on any atom is -0.316 e. The van der Waals surface area contributed by atoms with E-state index < -0.39 is 0 Å². The smallest absolute Gasteiger partial charge is 0.0621 e. The molecule has 2 heteroatoms. The van der Waals surface area contributed by atoms with Gasteiger partial charge in [-0.05, 0) is 37.1 Å². The van der Waals surface area contributed by atoms with Crippen LogP contribution >= 0.6 is 0 Å². The van der Waals surface area contributed by atoms with E-state index in [2.05, 4.69) is 25.2 Å². The predicted octanol–water partition coefficient (Wildman–Crippen LogP) is 3.88. The molecule has 0 amide bonds. The van der Waals surface area contributed by atoms with Crippen LogP contribution in [0.5, 0.6) is 0 Å². The van der Waals surface area contributed by atoms with Gasteiger partial charge in [0, 0.05) is 13.0 Å². The Morgan fingerprint density at radius 3 is 2.65 bits per heavy atom. The van der Waals surface area contributed by atoms with Crippen molar-refractivity contribution in [2.24, 2.45) is 11.3 Å². The third-order valence-electron chi connectivity index (χ3n) is 3.96. The lowest BCUT2D eigenvalue weighted by Gasteiger charge is -2.24. The van der Waals surface area contributed by atoms with Gasteiger partial charge in [0.15, 0.2) is 0 Å². The highest BCUT2D eigenvalue weighted by Gasteiger charge is 2.17. The Morgan fingerprint density at radius 1 is 1.29 bits per heavy atom. The van der Waals surface area contributed by atoms with Crippen LogP contribution in [-0.2, 0) is 0 Å². The second-order valence-corrected chi connectivity index (χ2v) is 6.29. The van der Waals surface area contributed by atoms with Crippen LogP contribution in [0.3, 0.4) is 0 Å². The summed E-state index contributed by atoms with van der Waals surface area (Å²) in [5, 5.41) is 12.1. The van der Waals surface area contributed by atoms with E-state index in [0.29, 0.717) is 6.42 Å². The fourth-order valence-electron chi connectivity index (χ4n) is 2.72. The van der Waals surface area contributed by atoms with Crippen molar-refractivity contribution in [3.05, 3.63) is 0 Å². The van der Waals surface area contributed by atoms with E-state index in [4.69, 9.17) is 5.26 Å². The average Bonchev–Trinajstić information content (AvgIpc) is 2.79. The van der Waals surface area contributed by atoms with Gasteiger partial charge in [-0.25, -0.2) is 0 Å². The Labute approximate surface area is 107 Å². The summed E-state index contributed by atoms with van der Waals surface area (Å²) in [4.78, 5) is 0. The highest BCUT2D eigenvalue weighted by molar-refractivity contribution is 4.78. The zero-order valence-corrected chi connectivity index (χ0v) is 11.6. The van der Waals surface area contributed by atoms with Gasteiger partial charge in [0.25, 0.3) is 0 Å². The van der Waals surface area contributed by atoms with Crippen molar-refractivity contribution in [3.8, 4) is 6.07 Å². The fraction of sp³-hybridized carbons (Fsp3) is 0.933. The second-order valence-electron chi connectivity index (χ2n) is 6.29. The number of rotatable bonds is 8. The first-order valence-corrected chi connectivity index (χ1v) is 7.22. The third-order valence-corrected chi connectivity index (χ3v) is 3.96. The Balaban J connectivity index is 1.97. The third kappa shape index (κ3) is 6.68. The number of nitriles is 1. The predicted molar refractivity (Wildman–Crippen MR) is 72.7 cm³/mol. The van der Waals surface area contributed by atoms with E-state index in [-0.39, 0.29) is 5.41 Å². The molecule has 0 spiro atoms. The molecule has 1 saturated carbocycles. The highest BCUT2D eigenvalue weighted by atomic mass is 14.9.